The van der Waals surface area contributed by atoms with Gasteiger partial charge in [-0.3, -0.25) is 0 Å². The topological polar surface area (TPSA) is 108 Å². The second-order valence-electron chi connectivity index (χ2n) is 3.37. The highest BCUT2D eigenvalue weighted by molar-refractivity contribution is 5.93. The van der Waals surface area contributed by atoms with Crippen LogP contribution in [-0.4, -0.2) is 43.2 Å². The quantitative estimate of drug-likeness (QED) is 0.372. The van der Waals surface area contributed by atoms with Gasteiger partial charge in [-0.05, 0) is 0 Å². The zero-order valence-corrected chi connectivity index (χ0v) is 9.44. The van der Waals surface area contributed by atoms with Crippen LogP contribution in [0.25, 0.3) is 5.65 Å². The lowest BCUT2D eigenvalue weighted by molar-refractivity contribution is -0.108. The molecule has 0 aliphatic heterocycles. The maximum atomic E-state index is 11.6. The van der Waals surface area contributed by atoms with Gasteiger partial charge in [0.25, 0.3) is 0 Å². The minimum Gasteiger partial charge on any atom is -0.460 e. The maximum Gasteiger partial charge on any atom is 0.360 e. The Labute approximate surface area is 100.0 Å². The van der Waals surface area contributed by atoms with Gasteiger partial charge in [-0.15, -0.1) is 5.10 Å². The standard InChI is InChI=1S/C9H9N5O4/c1-13-9(17)14-5-10-6(7(14)11-12-13)8(16)18-4-2-3-15/h3,5H,2,4H2,1H3. The number of carbonyl (C=O) groups excluding carboxylic acids is 2. The third-order valence-electron chi connectivity index (χ3n) is 2.16. The Balaban J connectivity index is 2.35. The van der Waals surface area contributed by atoms with Crippen LogP contribution in [0.4, 0.5) is 0 Å². The fourth-order valence-electron chi connectivity index (χ4n) is 1.29. The van der Waals surface area contributed by atoms with Crippen LogP contribution in [0.15, 0.2) is 11.1 Å². The Morgan fingerprint density at radius 2 is 2.33 bits per heavy atom. The molecule has 2 aromatic rings. The molecule has 0 aromatic carbocycles. The monoisotopic (exact) mass is 251 g/mol. The summed E-state index contributed by atoms with van der Waals surface area (Å²) < 4.78 is 6.88. The number of imidazole rings is 1. The van der Waals surface area contributed by atoms with Crippen molar-refractivity contribution in [3.05, 3.63) is 22.5 Å². The van der Waals surface area contributed by atoms with Crippen molar-refractivity contribution in [1.82, 2.24) is 24.4 Å². The lowest BCUT2D eigenvalue weighted by Crippen LogP contribution is -2.27. The number of esters is 1. The highest BCUT2D eigenvalue weighted by Crippen LogP contribution is 2.04. The van der Waals surface area contributed by atoms with Crippen LogP contribution in [0.3, 0.4) is 0 Å². The summed E-state index contributed by atoms with van der Waals surface area (Å²) in [5.74, 6) is -0.748. The smallest absolute Gasteiger partial charge is 0.360 e. The van der Waals surface area contributed by atoms with Gasteiger partial charge in [0.15, 0.2) is 11.3 Å². The molecule has 0 aliphatic carbocycles. The molecule has 0 N–H and O–H groups in total. The number of carbonyl (C=O) groups is 2. The molecule has 18 heavy (non-hydrogen) atoms. The second kappa shape index (κ2) is 4.73. The number of aryl methyl sites for hydroxylation is 1. The van der Waals surface area contributed by atoms with Crippen LogP contribution >= 0.6 is 0 Å². The molecule has 2 aromatic heterocycles. The van der Waals surface area contributed by atoms with Gasteiger partial charge in [0, 0.05) is 13.5 Å². The van der Waals surface area contributed by atoms with Gasteiger partial charge in [0.2, 0.25) is 0 Å². The van der Waals surface area contributed by atoms with Crippen LogP contribution in [0.5, 0.6) is 0 Å². The SMILES string of the molecule is Cn1nnc2c(C(=O)OCCC=O)ncn2c1=O. The minimum atomic E-state index is -0.748. The van der Waals surface area contributed by atoms with Gasteiger partial charge in [-0.25, -0.2) is 19.0 Å². The van der Waals surface area contributed by atoms with Gasteiger partial charge >= 0.3 is 11.7 Å². The van der Waals surface area contributed by atoms with Gasteiger partial charge in [0.05, 0.1) is 6.61 Å². The molecule has 0 atom stereocenters. The zero-order chi connectivity index (χ0) is 13.1. The molecule has 0 aliphatic rings. The number of hydrogen-bond donors (Lipinski definition) is 0. The van der Waals surface area contributed by atoms with Crippen molar-refractivity contribution in [2.45, 2.75) is 6.42 Å². The second-order valence-corrected chi connectivity index (χ2v) is 3.37. The maximum absolute atomic E-state index is 11.6. The van der Waals surface area contributed by atoms with Crippen molar-refractivity contribution >= 4 is 17.9 Å². The van der Waals surface area contributed by atoms with Gasteiger partial charge < -0.3 is 9.53 Å². The molecule has 0 saturated carbocycles. The molecule has 9 nitrogen and oxygen atoms in total. The Bertz CT molecular complexity index is 659. The van der Waals surface area contributed by atoms with E-state index < -0.39 is 11.7 Å². The highest BCUT2D eigenvalue weighted by atomic mass is 16.5. The third-order valence-corrected chi connectivity index (χ3v) is 2.16. The van der Waals surface area contributed by atoms with E-state index in [1.165, 1.54) is 13.4 Å². The molecule has 94 valence electrons. The van der Waals surface area contributed by atoms with E-state index >= 15 is 0 Å². The van der Waals surface area contributed by atoms with E-state index in [1.807, 2.05) is 0 Å². The summed E-state index contributed by atoms with van der Waals surface area (Å²) in [7, 11) is 1.43. The fourth-order valence-corrected chi connectivity index (χ4v) is 1.29. The first-order chi connectivity index (χ1) is 8.65. The average molecular weight is 251 g/mol. The van der Waals surface area contributed by atoms with Crippen molar-refractivity contribution in [2.24, 2.45) is 7.05 Å². The molecule has 2 heterocycles. The molecule has 0 spiro atoms. The average Bonchev–Trinajstić information content (AvgIpc) is 2.78. The number of nitrogens with zero attached hydrogens (tertiary/aromatic N) is 5. The summed E-state index contributed by atoms with van der Waals surface area (Å²) in [6.07, 6.45) is 1.90. The van der Waals surface area contributed by atoms with E-state index in [9.17, 15) is 14.4 Å². The molecule has 0 unspecified atom stereocenters. The Morgan fingerprint density at radius 1 is 1.56 bits per heavy atom. The van der Waals surface area contributed by atoms with E-state index in [0.717, 1.165) is 9.08 Å². The van der Waals surface area contributed by atoms with Crippen LogP contribution in [-0.2, 0) is 16.6 Å². The molecule has 0 saturated heterocycles. The molecule has 0 radical (unpaired) electrons. The lowest BCUT2D eigenvalue weighted by atomic mass is 10.4. The molecular weight excluding hydrogens is 242 g/mol. The number of fused-ring (bicyclic) bond motifs is 1. The normalized spacial score (nSPS) is 10.5. The number of aromatic nitrogens is 5. The van der Waals surface area contributed by atoms with Crippen LogP contribution in [0.2, 0.25) is 0 Å². The van der Waals surface area contributed by atoms with Crippen LogP contribution in [0.1, 0.15) is 16.9 Å². The molecular formula is C9H9N5O4. The van der Waals surface area contributed by atoms with Crippen molar-refractivity contribution in [2.75, 3.05) is 6.61 Å². The van der Waals surface area contributed by atoms with E-state index in [1.54, 1.807) is 0 Å². The summed E-state index contributed by atoms with van der Waals surface area (Å²) in [5, 5.41) is 7.24. The van der Waals surface area contributed by atoms with Gasteiger partial charge in [-0.2, -0.15) is 4.68 Å². The first-order valence-electron chi connectivity index (χ1n) is 5.03. The van der Waals surface area contributed by atoms with E-state index in [2.05, 4.69) is 15.3 Å². The fraction of sp³-hybridized carbons (Fsp3) is 0.333. The third kappa shape index (κ3) is 1.97. The summed E-state index contributed by atoms with van der Waals surface area (Å²) in [5.41, 5.74) is -0.556. The molecule has 0 fully saturated rings. The largest absolute Gasteiger partial charge is 0.460 e. The predicted octanol–water partition coefficient (Wildman–Crippen LogP) is -1.43. The Hall–Kier alpha value is -2.58. The number of aldehydes is 1. The first kappa shape index (κ1) is 11.9. The van der Waals surface area contributed by atoms with Gasteiger partial charge in [0.1, 0.15) is 12.6 Å². The zero-order valence-electron chi connectivity index (χ0n) is 9.44. The Kier molecular flexibility index (Phi) is 3.13. The van der Waals surface area contributed by atoms with E-state index in [0.29, 0.717) is 6.29 Å². The molecule has 9 heteroatoms. The van der Waals surface area contributed by atoms with Crippen molar-refractivity contribution in [1.29, 1.82) is 0 Å². The predicted molar refractivity (Wildman–Crippen MR) is 57.0 cm³/mol. The van der Waals surface area contributed by atoms with E-state index in [4.69, 9.17) is 4.74 Å². The van der Waals surface area contributed by atoms with Crippen LogP contribution in [0, 0.1) is 0 Å². The molecule has 0 bridgehead atoms. The molecule has 2 rings (SSSR count). The van der Waals surface area contributed by atoms with Gasteiger partial charge in [-0.1, -0.05) is 5.21 Å². The number of rotatable bonds is 4. The summed E-state index contributed by atoms with van der Waals surface area (Å²) in [6.45, 7) is -0.0420. The van der Waals surface area contributed by atoms with Crippen molar-refractivity contribution in [3.63, 3.8) is 0 Å². The lowest BCUT2D eigenvalue weighted by Gasteiger charge is -1.99. The summed E-state index contributed by atoms with van der Waals surface area (Å²) in [6, 6.07) is 0. The number of hydrogen-bond acceptors (Lipinski definition) is 7. The first-order valence-corrected chi connectivity index (χ1v) is 5.03. The number of ether oxygens (including phenoxy) is 1. The summed E-state index contributed by atoms with van der Waals surface area (Å²) in [4.78, 5) is 37.1. The Morgan fingerprint density at radius 3 is 3.06 bits per heavy atom. The van der Waals surface area contributed by atoms with E-state index in [-0.39, 0.29) is 24.4 Å². The highest BCUT2D eigenvalue weighted by Gasteiger charge is 2.18. The minimum absolute atomic E-state index is 0.0224. The summed E-state index contributed by atoms with van der Waals surface area (Å²) >= 11 is 0. The van der Waals surface area contributed by atoms with Crippen LogP contribution < -0.4 is 5.69 Å². The van der Waals surface area contributed by atoms with Crippen molar-refractivity contribution in [3.8, 4) is 0 Å². The van der Waals surface area contributed by atoms with Crippen molar-refractivity contribution < 1.29 is 14.3 Å². The molecule has 0 amide bonds.